The first-order valence-corrected chi connectivity index (χ1v) is 7.66. The Bertz CT molecular complexity index is 732. The molecule has 0 bridgehead atoms. The van der Waals surface area contributed by atoms with Crippen LogP contribution in [-0.2, 0) is 0 Å². The molecule has 0 unspecified atom stereocenters. The largest absolute Gasteiger partial charge is 0.346 e. The highest BCUT2D eigenvalue weighted by molar-refractivity contribution is 5.93. The highest BCUT2D eigenvalue weighted by Crippen LogP contribution is 2.21. The van der Waals surface area contributed by atoms with Crippen LogP contribution < -0.4 is 10.6 Å². The molecule has 2 rings (SSSR count). The molecule has 0 fully saturated rings. The van der Waals surface area contributed by atoms with Gasteiger partial charge in [-0.1, -0.05) is 12.1 Å². The maximum atomic E-state index is 12.3. The summed E-state index contributed by atoms with van der Waals surface area (Å²) in [6, 6.07) is 7.85. The van der Waals surface area contributed by atoms with Crippen LogP contribution in [0.2, 0.25) is 0 Å². The first kappa shape index (κ1) is 16.9. The minimum absolute atomic E-state index is 0.202. The fourth-order valence-corrected chi connectivity index (χ4v) is 2.16. The highest BCUT2D eigenvalue weighted by atomic mass is 16.2. The summed E-state index contributed by atoms with van der Waals surface area (Å²) in [4.78, 5) is 20.9. The molecule has 0 aliphatic rings. The van der Waals surface area contributed by atoms with Gasteiger partial charge in [-0.2, -0.15) is 0 Å². The molecule has 0 atom stereocenters. The molecule has 2 N–H and O–H groups in total. The second kappa shape index (κ2) is 6.36. The molecule has 122 valence electrons. The van der Waals surface area contributed by atoms with Gasteiger partial charge in [-0.05, 0) is 58.7 Å². The van der Waals surface area contributed by atoms with Crippen molar-refractivity contribution in [1.82, 2.24) is 15.3 Å². The number of aromatic nitrogens is 2. The lowest BCUT2D eigenvalue weighted by Crippen LogP contribution is -2.41. The van der Waals surface area contributed by atoms with E-state index in [4.69, 9.17) is 0 Å². The van der Waals surface area contributed by atoms with Gasteiger partial charge in [0.15, 0.2) is 0 Å². The van der Waals surface area contributed by atoms with Crippen LogP contribution in [0.4, 0.5) is 11.5 Å². The van der Waals surface area contributed by atoms with E-state index >= 15 is 0 Å². The number of hydrogen-bond acceptors (Lipinski definition) is 4. The number of amides is 1. The predicted octanol–water partition coefficient (Wildman–Crippen LogP) is 3.67. The van der Waals surface area contributed by atoms with E-state index in [1.54, 1.807) is 13.0 Å². The summed E-state index contributed by atoms with van der Waals surface area (Å²) in [6.45, 7) is 11.7. The van der Waals surface area contributed by atoms with Crippen LogP contribution in [-0.4, -0.2) is 21.4 Å². The Morgan fingerprint density at radius 1 is 1.04 bits per heavy atom. The lowest BCUT2D eigenvalue weighted by molar-refractivity contribution is 0.0914. The Kier molecular flexibility index (Phi) is 4.68. The van der Waals surface area contributed by atoms with Crippen molar-refractivity contribution < 1.29 is 4.79 Å². The van der Waals surface area contributed by atoms with E-state index in [9.17, 15) is 4.79 Å². The quantitative estimate of drug-likeness (QED) is 0.907. The average molecular weight is 312 g/mol. The smallest absolute Gasteiger partial charge is 0.270 e. The van der Waals surface area contributed by atoms with Crippen molar-refractivity contribution in [3.8, 4) is 0 Å². The van der Waals surface area contributed by atoms with E-state index in [0.29, 0.717) is 17.3 Å². The first-order valence-electron chi connectivity index (χ1n) is 7.66. The van der Waals surface area contributed by atoms with Gasteiger partial charge in [0.2, 0.25) is 0 Å². The average Bonchev–Trinajstić information content (AvgIpc) is 2.40. The number of nitrogens with zero attached hydrogens (tertiary/aromatic N) is 2. The monoisotopic (exact) mass is 312 g/mol. The van der Waals surface area contributed by atoms with E-state index in [1.807, 2.05) is 34.6 Å². The molecule has 0 aliphatic heterocycles. The predicted molar refractivity (Wildman–Crippen MR) is 93.2 cm³/mol. The molecule has 0 saturated carbocycles. The molecular weight excluding hydrogens is 288 g/mol. The first-order chi connectivity index (χ1) is 10.6. The number of carbonyl (C=O) groups is 1. The minimum Gasteiger partial charge on any atom is -0.346 e. The van der Waals surface area contributed by atoms with E-state index in [2.05, 4.69) is 38.8 Å². The van der Waals surface area contributed by atoms with Crippen molar-refractivity contribution in [2.24, 2.45) is 0 Å². The topological polar surface area (TPSA) is 66.9 Å². The normalized spacial score (nSPS) is 11.2. The van der Waals surface area contributed by atoms with E-state index in [1.165, 1.54) is 0 Å². The zero-order valence-electron chi connectivity index (χ0n) is 14.6. The second-order valence-electron chi connectivity index (χ2n) is 6.83. The fourth-order valence-electron chi connectivity index (χ4n) is 2.16. The molecule has 0 spiro atoms. The second-order valence-corrected chi connectivity index (χ2v) is 6.83. The van der Waals surface area contributed by atoms with Crippen molar-refractivity contribution in [3.63, 3.8) is 0 Å². The molecule has 1 aromatic heterocycles. The molecule has 23 heavy (non-hydrogen) atoms. The van der Waals surface area contributed by atoms with Gasteiger partial charge in [0.25, 0.3) is 5.91 Å². The van der Waals surface area contributed by atoms with Gasteiger partial charge < -0.3 is 10.6 Å². The molecule has 0 aliphatic carbocycles. The Labute approximate surface area is 137 Å². The Balaban J connectivity index is 2.30. The van der Waals surface area contributed by atoms with Gasteiger partial charge >= 0.3 is 0 Å². The van der Waals surface area contributed by atoms with Gasteiger partial charge in [0.1, 0.15) is 17.3 Å². The number of hydrogen-bond donors (Lipinski definition) is 2. The number of aryl methyl sites for hydroxylation is 3. The van der Waals surface area contributed by atoms with Gasteiger partial charge in [-0.3, -0.25) is 4.79 Å². The van der Waals surface area contributed by atoms with Gasteiger partial charge in [0.05, 0.1) is 0 Å². The van der Waals surface area contributed by atoms with Crippen LogP contribution in [0.3, 0.4) is 0 Å². The van der Waals surface area contributed by atoms with Crippen molar-refractivity contribution >= 4 is 17.4 Å². The van der Waals surface area contributed by atoms with Gasteiger partial charge in [0, 0.05) is 17.3 Å². The number of rotatable bonds is 3. The highest BCUT2D eigenvalue weighted by Gasteiger charge is 2.17. The molecule has 5 nitrogen and oxygen atoms in total. The van der Waals surface area contributed by atoms with Crippen molar-refractivity contribution in [1.29, 1.82) is 0 Å². The number of carbonyl (C=O) groups excluding carboxylic acids is 1. The summed E-state index contributed by atoms with van der Waals surface area (Å²) in [7, 11) is 0. The Hall–Kier alpha value is -2.43. The zero-order valence-corrected chi connectivity index (χ0v) is 14.6. The molecule has 1 heterocycles. The maximum Gasteiger partial charge on any atom is 0.270 e. The summed E-state index contributed by atoms with van der Waals surface area (Å²) >= 11 is 0. The lowest BCUT2D eigenvalue weighted by Gasteiger charge is -2.20. The summed E-state index contributed by atoms with van der Waals surface area (Å²) in [6.07, 6.45) is 0. The molecule has 0 saturated heterocycles. The third-order valence-corrected chi connectivity index (χ3v) is 3.21. The summed E-state index contributed by atoms with van der Waals surface area (Å²) in [5.74, 6) is 0.969. The van der Waals surface area contributed by atoms with Crippen molar-refractivity contribution in [2.45, 2.75) is 47.1 Å². The molecule has 2 aromatic rings. The van der Waals surface area contributed by atoms with Gasteiger partial charge in [-0.25, -0.2) is 9.97 Å². The Morgan fingerprint density at radius 2 is 1.74 bits per heavy atom. The zero-order chi connectivity index (χ0) is 17.2. The maximum absolute atomic E-state index is 12.3. The molecular formula is C18H24N4O. The third kappa shape index (κ3) is 4.77. The number of nitrogens with one attached hydrogen (secondary N) is 2. The number of benzene rings is 1. The van der Waals surface area contributed by atoms with Crippen LogP contribution in [0.5, 0.6) is 0 Å². The lowest BCUT2D eigenvalue weighted by atomic mass is 10.1. The van der Waals surface area contributed by atoms with E-state index in [0.717, 1.165) is 16.8 Å². The summed E-state index contributed by atoms with van der Waals surface area (Å²) in [5, 5.41) is 6.20. The van der Waals surface area contributed by atoms with Gasteiger partial charge in [-0.15, -0.1) is 0 Å². The summed E-state index contributed by atoms with van der Waals surface area (Å²) < 4.78 is 0. The molecule has 0 radical (unpaired) electrons. The molecule has 1 aromatic carbocycles. The fraction of sp³-hybridized carbons (Fsp3) is 0.389. The van der Waals surface area contributed by atoms with Crippen LogP contribution in [0, 0.1) is 20.8 Å². The molecule has 5 heteroatoms. The van der Waals surface area contributed by atoms with Crippen LogP contribution >= 0.6 is 0 Å². The van der Waals surface area contributed by atoms with Crippen molar-refractivity contribution in [3.05, 3.63) is 46.9 Å². The van der Waals surface area contributed by atoms with Crippen LogP contribution in [0.25, 0.3) is 0 Å². The van der Waals surface area contributed by atoms with Crippen LogP contribution in [0.15, 0.2) is 24.3 Å². The summed E-state index contributed by atoms with van der Waals surface area (Å²) in [5.41, 5.74) is 3.31. The SMILES string of the molecule is Cc1ccc(C)c(Nc2cc(C(=O)NC(C)(C)C)nc(C)n2)c1. The number of anilines is 2. The van der Waals surface area contributed by atoms with Crippen LogP contribution in [0.1, 0.15) is 48.2 Å². The molecule has 1 amide bonds. The van der Waals surface area contributed by atoms with E-state index < -0.39 is 0 Å². The third-order valence-electron chi connectivity index (χ3n) is 3.21. The van der Waals surface area contributed by atoms with E-state index in [-0.39, 0.29) is 11.4 Å². The standard InChI is InChI=1S/C18H24N4O/c1-11-7-8-12(2)14(9-11)21-16-10-15(19-13(3)20-16)17(23)22-18(4,5)6/h7-10H,1-6H3,(H,22,23)(H,19,20,21). The van der Waals surface area contributed by atoms with Crippen molar-refractivity contribution in [2.75, 3.05) is 5.32 Å². The Morgan fingerprint density at radius 3 is 2.39 bits per heavy atom. The minimum atomic E-state index is -0.309.